The van der Waals surface area contributed by atoms with Crippen molar-refractivity contribution < 1.29 is 9.59 Å². The zero-order valence-corrected chi connectivity index (χ0v) is 11.0. The van der Waals surface area contributed by atoms with Gasteiger partial charge >= 0.3 is 0 Å². The maximum absolute atomic E-state index is 12.0. The zero-order chi connectivity index (χ0) is 13.3. The van der Waals surface area contributed by atoms with Crippen molar-refractivity contribution in [3.63, 3.8) is 0 Å². The first kappa shape index (κ1) is 12.6. The SMILES string of the molecule is Cc1cccc(N2C[C@H](C(=O)N(C)C)CC2=O)c1. The van der Waals surface area contributed by atoms with Crippen LogP contribution in [0.25, 0.3) is 0 Å². The lowest BCUT2D eigenvalue weighted by Crippen LogP contribution is -2.32. The van der Waals surface area contributed by atoms with Gasteiger partial charge in [0.2, 0.25) is 11.8 Å². The number of carbonyl (C=O) groups excluding carboxylic acids is 2. The average Bonchev–Trinajstić information content (AvgIpc) is 2.70. The van der Waals surface area contributed by atoms with E-state index in [4.69, 9.17) is 0 Å². The Morgan fingerprint density at radius 3 is 2.72 bits per heavy atom. The molecular formula is C14H18N2O2. The summed E-state index contributed by atoms with van der Waals surface area (Å²) in [5, 5.41) is 0. The van der Waals surface area contributed by atoms with Crippen LogP contribution in [0.2, 0.25) is 0 Å². The molecule has 4 nitrogen and oxygen atoms in total. The Morgan fingerprint density at radius 2 is 2.11 bits per heavy atom. The van der Waals surface area contributed by atoms with Gasteiger partial charge in [-0.3, -0.25) is 9.59 Å². The van der Waals surface area contributed by atoms with Crippen LogP contribution in [0, 0.1) is 12.8 Å². The number of aryl methyl sites for hydroxylation is 1. The number of anilines is 1. The van der Waals surface area contributed by atoms with E-state index in [1.807, 2.05) is 31.2 Å². The number of carbonyl (C=O) groups is 2. The van der Waals surface area contributed by atoms with Gasteiger partial charge in [0, 0.05) is 32.7 Å². The summed E-state index contributed by atoms with van der Waals surface area (Å²) in [7, 11) is 3.45. The van der Waals surface area contributed by atoms with E-state index in [0.717, 1.165) is 11.3 Å². The van der Waals surface area contributed by atoms with Gasteiger partial charge in [-0.1, -0.05) is 12.1 Å². The Balaban J connectivity index is 2.17. The highest BCUT2D eigenvalue weighted by atomic mass is 16.2. The summed E-state index contributed by atoms with van der Waals surface area (Å²) in [6, 6.07) is 7.80. The van der Waals surface area contributed by atoms with Crippen molar-refractivity contribution in [2.24, 2.45) is 5.92 Å². The van der Waals surface area contributed by atoms with Crippen molar-refractivity contribution in [2.75, 3.05) is 25.5 Å². The quantitative estimate of drug-likeness (QED) is 0.792. The van der Waals surface area contributed by atoms with Gasteiger partial charge < -0.3 is 9.80 Å². The first-order chi connectivity index (χ1) is 8.49. The highest BCUT2D eigenvalue weighted by Gasteiger charge is 2.35. The Bertz CT molecular complexity index is 482. The number of nitrogens with zero attached hydrogens (tertiary/aromatic N) is 2. The fraction of sp³-hybridized carbons (Fsp3) is 0.429. The van der Waals surface area contributed by atoms with Crippen molar-refractivity contribution >= 4 is 17.5 Å². The number of rotatable bonds is 2. The van der Waals surface area contributed by atoms with E-state index >= 15 is 0 Å². The first-order valence-electron chi connectivity index (χ1n) is 6.07. The Labute approximate surface area is 107 Å². The van der Waals surface area contributed by atoms with Crippen LogP contribution in [0.15, 0.2) is 24.3 Å². The van der Waals surface area contributed by atoms with Crippen LogP contribution in [-0.4, -0.2) is 37.4 Å². The maximum atomic E-state index is 12.0. The molecular weight excluding hydrogens is 228 g/mol. The van der Waals surface area contributed by atoms with E-state index in [-0.39, 0.29) is 17.7 Å². The normalized spacial score (nSPS) is 19.2. The largest absolute Gasteiger partial charge is 0.349 e. The third-order valence-electron chi connectivity index (χ3n) is 3.23. The third-order valence-corrected chi connectivity index (χ3v) is 3.23. The van der Waals surface area contributed by atoms with Crippen molar-refractivity contribution in [3.8, 4) is 0 Å². The average molecular weight is 246 g/mol. The van der Waals surface area contributed by atoms with Gasteiger partial charge in [0.05, 0.1) is 5.92 Å². The molecule has 1 heterocycles. The van der Waals surface area contributed by atoms with Gasteiger partial charge in [-0.05, 0) is 24.6 Å². The lowest BCUT2D eigenvalue weighted by molar-refractivity contribution is -0.133. The summed E-state index contributed by atoms with van der Waals surface area (Å²) in [5.74, 6) is -0.160. The summed E-state index contributed by atoms with van der Waals surface area (Å²) >= 11 is 0. The molecule has 0 N–H and O–H groups in total. The van der Waals surface area contributed by atoms with E-state index < -0.39 is 0 Å². The molecule has 1 atom stereocenters. The summed E-state index contributed by atoms with van der Waals surface area (Å²) in [6.07, 6.45) is 0.310. The van der Waals surface area contributed by atoms with Crippen LogP contribution in [0.5, 0.6) is 0 Å². The van der Waals surface area contributed by atoms with Crippen LogP contribution in [0.4, 0.5) is 5.69 Å². The number of amides is 2. The van der Waals surface area contributed by atoms with Gasteiger partial charge in [0.15, 0.2) is 0 Å². The summed E-state index contributed by atoms with van der Waals surface area (Å²) in [5.41, 5.74) is 2.00. The molecule has 1 fully saturated rings. The molecule has 18 heavy (non-hydrogen) atoms. The molecule has 1 saturated heterocycles. The van der Waals surface area contributed by atoms with Crippen LogP contribution in [-0.2, 0) is 9.59 Å². The van der Waals surface area contributed by atoms with E-state index in [1.165, 1.54) is 0 Å². The maximum Gasteiger partial charge on any atom is 0.227 e. The van der Waals surface area contributed by atoms with Crippen molar-refractivity contribution in [1.82, 2.24) is 4.90 Å². The molecule has 2 amide bonds. The molecule has 0 spiro atoms. The lowest BCUT2D eigenvalue weighted by Gasteiger charge is -2.18. The molecule has 0 unspecified atom stereocenters. The second-order valence-electron chi connectivity index (χ2n) is 4.98. The molecule has 0 bridgehead atoms. The Kier molecular flexibility index (Phi) is 3.36. The molecule has 1 aromatic carbocycles. The predicted octanol–water partition coefficient (Wildman–Crippen LogP) is 1.44. The van der Waals surface area contributed by atoms with Gasteiger partial charge in [0.25, 0.3) is 0 Å². The first-order valence-corrected chi connectivity index (χ1v) is 6.07. The number of hydrogen-bond donors (Lipinski definition) is 0. The monoisotopic (exact) mass is 246 g/mol. The van der Waals surface area contributed by atoms with Crippen molar-refractivity contribution in [3.05, 3.63) is 29.8 Å². The fourth-order valence-corrected chi connectivity index (χ4v) is 2.28. The van der Waals surface area contributed by atoms with Crippen molar-refractivity contribution in [1.29, 1.82) is 0 Å². The molecule has 0 aromatic heterocycles. The lowest BCUT2D eigenvalue weighted by atomic mass is 10.1. The number of hydrogen-bond acceptors (Lipinski definition) is 2. The standard InChI is InChI=1S/C14H18N2O2/c1-10-5-4-6-12(7-10)16-9-11(8-13(16)17)14(18)15(2)3/h4-7,11H,8-9H2,1-3H3/t11-/m1/s1. The third kappa shape index (κ3) is 2.37. The molecule has 0 radical (unpaired) electrons. The second kappa shape index (κ2) is 4.80. The van der Waals surface area contributed by atoms with E-state index in [0.29, 0.717) is 13.0 Å². The smallest absolute Gasteiger partial charge is 0.227 e. The van der Waals surface area contributed by atoms with Gasteiger partial charge in [-0.2, -0.15) is 0 Å². The van der Waals surface area contributed by atoms with Crippen LogP contribution >= 0.6 is 0 Å². The molecule has 1 aromatic rings. The molecule has 0 aliphatic carbocycles. The van der Waals surface area contributed by atoms with Gasteiger partial charge in [0.1, 0.15) is 0 Å². The second-order valence-corrected chi connectivity index (χ2v) is 4.98. The fourth-order valence-electron chi connectivity index (χ4n) is 2.28. The molecule has 0 saturated carbocycles. The molecule has 96 valence electrons. The molecule has 1 aliphatic rings. The molecule has 1 aliphatic heterocycles. The summed E-state index contributed by atoms with van der Waals surface area (Å²) in [6.45, 7) is 2.48. The van der Waals surface area contributed by atoms with Gasteiger partial charge in [-0.25, -0.2) is 0 Å². The summed E-state index contributed by atoms with van der Waals surface area (Å²) in [4.78, 5) is 27.1. The molecule has 2 rings (SSSR count). The highest BCUT2D eigenvalue weighted by molar-refractivity contribution is 6.00. The Hall–Kier alpha value is -1.84. The van der Waals surface area contributed by atoms with E-state index in [2.05, 4.69) is 0 Å². The van der Waals surface area contributed by atoms with Gasteiger partial charge in [-0.15, -0.1) is 0 Å². The van der Waals surface area contributed by atoms with E-state index in [1.54, 1.807) is 23.9 Å². The minimum absolute atomic E-state index is 0.0264. The van der Waals surface area contributed by atoms with E-state index in [9.17, 15) is 9.59 Å². The highest BCUT2D eigenvalue weighted by Crippen LogP contribution is 2.26. The minimum atomic E-state index is -0.215. The van der Waals surface area contributed by atoms with Crippen LogP contribution in [0.3, 0.4) is 0 Å². The van der Waals surface area contributed by atoms with Crippen LogP contribution in [0.1, 0.15) is 12.0 Å². The predicted molar refractivity (Wildman–Crippen MR) is 70.3 cm³/mol. The zero-order valence-electron chi connectivity index (χ0n) is 11.0. The Morgan fingerprint density at radius 1 is 1.39 bits per heavy atom. The van der Waals surface area contributed by atoms with Crippen LogP contribution < -0.4 is 4.90 Å². The minimum Gasteiger partial charge on any atom is -0.349 e. The molecule has 4 heteroatoms. The number of benzene rings is 1. The summed E-state index contributed by atoms with van der Waals surface area (Å²) < 4.78 is 0. The topological polar surface area (TPSA) is 40.6 Å². The van der Waals surface area contributed by atoms with Crippen molar-refractivity contribution in [2.45, 2.75) is 13.3 Å².